The Morgan fingerprint density at radius 1 is 1.30 bits per heavy atom. The van der Waals surface area contributed by atoms with E-state index in [9.17, 15) is 9.59 Å². The summed E-state index contributed by atoms with van der Waals surface area (Å²) in [4.78, 5) is 23.6. The van der Waals surface area contributed by atoms with E-state index in [0.717, 1.165) is 25.7 Å². The fourth-order valence-corrected chi connectivity index (χ4v) is 2.21. The van der Waals surface area contributed by atoms with Crippen LogP contribution < -0.4 is 5.32 Å². The zero-order valence-corrected chi connectivity index (χ0v) is 13.0. The highest BCUT2D eigenvalue weighted by atomic mass is 16.6. The van der Waals surface area contributed by atoms with Crippen LogP contribution in [-0.4, -0.2) is 24.8 Å². The number of esters is 1. The lowest BCUT2D eigenvalue weighted by atomic mass is 9.66. The molecule has 0 heterocycles. The molecule has 0 radical (unpaired) electrons. The maximum absolute atomic E-state index is 11.8. The Morgan fingerprint density at radius 3 is 2.25 bits per heavy atom. The normalized spacial score (nSPS) is 17.9. The number of methoxy groups -OCH3 is 1. The van der Waals surface area contributed by atoms with Crippen LogP contribution in [0.15, 0.2) is 11.8 Å². The highest BCUT2D eigenvalue weighted by Gasteiger charge is 2.35. The molecule has 5 heteroatoms. The zero-order valence-electron chi connectivity index (χ0n) is 13.0. The molecule has 1 amide bonds. The molecule has 1 aliphatic rings. The molecule has 0 aliphatic heterocycles. The number of carbonyl (C=O) groups is 2. The van der Waals surface area contributed by atoms with Gasteiger partial charge in [-0.3, -0.25) is 5.32 Å². The van der Waals surface area contributed by atoms with Crippen molar-refractivity contribution in [3.05, 3.63) is 11.8 Å². The van der Waals surface area contributed by atoms with Gasteiger partial charge in [-0.15, -0.1) is 0 Å². The lowest BCUT2D eigenvalue weighted by molar-refractivity contribution is -0.136. The molecule has 1 rings (SSSR count). The van der Waals surface area contributed by atoms with Crippen molar-refractivity contribution >= 4 is 12.1 Å². The number of ether oxygens (including phenoxy) is 2. The first-order valence-corrected chi connectivity index (χ1v) is 7.02. The van der Waals surface area contributed by atoms with Gasteiger partial charge in [-0.25, -0.2) is 9.59 Å². The largest absolute Gasteiger partial charge is 0.464 e. The molecule has 1 fully saturated rings. The fourth-order valence-electron chi connectivity index (χ4n) is 2.21. The monoisotopic (exact) mass is 283 g/mol. The Balaban J connectivity index is 2.83. The van der Waals surface area contributed by atoms with Gasteiger partial charge >= 0.3 is 12.1 Å². The molecule has 0 aromatic heterocycles. The van der Waals surface area contributed by atoms with Crippen molar-refractivity contribution < 1.29 is 19.1 Å². The molecular formula is C15H25NO4. The van der Waals surface area contributed by atoms with Crippen LogP contribution in [0, 0.1) is 5.41 Å². The first kappa shape index (κ1) is 16.5. The van der Waals surface area contributed by atoms with Gasteiger partial charge in [0, 0.05) is 0 Å². The molecular weight excluding hydrogens is 258 g/mol. The molecule has 0 saturated heterocycles. The van der Waals surface area contributed by atoms with Crippen molar-refractivity contribution in [3.8, 4) is 0 Å². The average molecular weight is 283 g/mol. The standard InChI is InChI=1S/C15H25NO4/c1-6-15(8-7-9-15)10-11(12(17)19-5)16-13(18)20-14(2,3)4/h10H,6-9H2,1-5H3,(H,16,18). The van der Waals surface area contributed by atoms with Gasteiger partial charge in [0.25, 0.3) is 0 Å². The Bertz CT molecular complexity index is 397. The van der Waals surface area contributed by atoms with Crippen molar-refractivity contribution in [2.45, 2.75) is 59.0 Å². The van der Waals surface area contributed by atoms with Crippen molar-refractivity contribution in [2.24, 2.45) is 5.41 Å². The zero-order chi connectivity index (χ0) is 15.4. The Kier molecular flexibility index (Phi) is 5.20. The summed E-state index contributed by atoms with van der Waals surface area (Å²) in [6.45, 7) is 7.40. The van der Waals surface area contributed by atoms with E-state index in [1.807, 2.05) is 6.08 Å². The summed E-state index contributed by atoms with van der Waals surface area (Å²) in [6.07, 6.45) is 5.32. The fraction of sp³-hybridized carbons (Fsp3) is 0.733. The predicted octanol–water partition coefficient (Wildman–Crippen LogP) is 3.15. The first-order valence-electron chi connectivity index (χ1n) is 7.02. The van der Waals surface area contributed by atoms with Gasteiger partial charge in [0.2, 0.25) is 0 Å². The van der Waals surface area contributed by atoms with Gasteiger partial charge in [0.05, 0.1) is 7.11 Å². The van der Waals surface area contributed by atoms with Gasteiger partial charge in [0.1, 0.15) is 11.3 Å². The van der Waals surface area contributed by atoms with Crippen LogP contribution in [0.5, 0.6) is 0 Å². The van der Waals surface area contributed by atoms with Gasteiger partial charge in [-0.1, -0.05) is 13.3 Å². The maximum atomic E-state index is 11.8. The van der Waals surface area contributed by atoms with Crippen molar-refractivity contribution in [1.29, 1.82) is 0 Å². The second-order valence-electron chi connectivity index (χ2n) is 6.25. The van der Waals surface area contributed by atoms with Crippen LogP contribution in [0.4, 0.5) is 4.79 Å². The lowest BCUT2D eigenvalue weighted by Gasteiger charge is -2.39. The van der Waals surface area contributed by atoms with E-state index in [1.165, 1.54) is 7.11 Å². The number of carbonyl (C=O) groups excluding carboxylic acids is 2. The highest BCUT2D eigenvalue weighted by molar-refractivity contribution is 5.92. The van der Waals surface area contributed by atoms with Gasteiger partial charge in [0.15, 0.2) is 0 Å². The van der Waals surface area contributed by atoms with Crippen LogP contribution in [-0.2, 0) is 14.3 Å². The minimum absolute atomic E-state index is 0.00145. The summed E-state index contributed by atoms with van der Waals surface area (Å²) in [5, 5.41) is 2.51. The Labute approximate surface area is 120 Å². The van der Waals surface area contributed by atoms with E-state index in [-0.39, 0.29) is 11.1 Å². The van der Waals surface area contributed by atoms with Crippen molar-refractivity contribution in [1.82, 2.24) is 5.32 Å². The van der Waals surface area contributed by atoms with E-state index in [0.29, 0.717) is 0 Å². The molecule has 114 valence electrons. The molecule has 0 spiro atoms. The topological polar surface area (TPSA) is 64.6 Å². The molecule has 5 nitrogen and oxygen atoms in total. The van der Waals surface area contributed by atoms with Crippen LogP contribution in [0.25, 0.3) is 0 Å². The van der Waals surface area contributed by atoms with E-state index >= 15 is 0 Å². The average Bonchev–Trinajstić information content (AvgIpc) is 2.28. The van der Waals surface area contributed by atoms with Gasteiger partial charge in [-0.05, 0) is 51.5 Å². The third-order valence-corrected chi connectivity index (χ3v) is 3.54. The Hall–Kier alpha value is -1.52. The molecule has 0 bridgehead atoms. The molecule has 1 aliphatic carbocycles. The maximum Gasteiger partial charge on any atom is 0.412 e. The minimum Gasteiger partial charge on any atom is -0.464 e. The number of amides is 1. The van der Waals surface area contributed by atoms with Crippen molar-refractivity contribution in [3.63, 3.8) is 0 Å². The van der Waals surface area contributed by atoms with E-state index in [1.54, 1.807) is 20.8 Å². The summed E-state index contributed by atoms with van der Waals surface area (Å²) in [5.74, 6) is -0.546. The summed E-state index contributed by atoms with van der Waals surface area (Å²) in [6, 6.07) is 0. The first-order chi connectivity index (χ1) is 9.21. The number of hydrogen-bond donors (Lipinski definition) is 1. The smallest absolute Gasteiger partial charge is 0.412 e. The second-order valence-corrected chi connectivity index (χ2v) is 6.25. The van der Waals surface area contributed by atoms with Crippen LogP contribution >= 0.6 is 0 Å². The molecule has 1 saturated carbocycles. The number of rotatable bonds is 4. The SMILES string of the molecule is CCC1(C=C(NC(=O)OC(C)(C)C)C(=O)OC)CCC1. The summed E-state index contributed by atoms with van der Waals surface area (Å²) >= 11 is 0. The van der Waals surface area contributed by atoms with E-state index in [4.69, 9.17) is 9.47 Å². The quantitative estimate of drug-likeness (QED) is 0.636. The van der Waals surface area contributed by atoms with Gasteiger partial charge < -0.3 is 9.47 Å². The minimum atomic E-state index is -0.639. The summed E-state index contributed by atoms with van der Waals surface area (Å²) in [7, 11) is 1.30. The van der Waals surface area contributed by atoms with Crippen molar-refractivity contribution in [2.75, 3.05) is 7.11 Å². The van der Waals surface area contributed by atoms with Crippen LogP contribution in [0.3, 0.4) is 0 Å². The molecule has 0 atom stereocenters. The number of nitrogens with one attached hydrogen (secondary N) is 1. The van der Waals surface area contributed by atoms with Gasteiger partial charge in [-0.2, -0.15) is 0 Å². The number of allylic oxidation sites excluding steroid dienone is 1. The number of hydrogen-bond acceptors (Lipinski definition) is 4. The molecule has 0 aromatic carbocycles. The number of alkyl carbamates (subject to hydrolysis) is 1. The summed E-state index contributed by atoms with van der Waals surface area (Å²) < 4.78 is 9.89. The molecule has 0 unspecified atom stereocenters. The predicted molar refractivity (Wildman–Crippen MR) is 76.0 cm³/mol. The third kappa shape index (κ3) is 4.54. The van der Waals surface area contributed by atoms with Crippen LogP contribution in [0.2, 0.25) is 0 Å². The second kappa shape index (κ2) is 6.29. The van der Waals surface area contributed by atoms with E-state index < -0.39 is 17.7 Å². The molecule has 0 aromatic rings. The highest BCUT2D eigenvalue weighted by Crippen LogP contribution is 2.45. The Morgan fingerprint density at radius 2 is 1.90 bits per heavy atom. The molecule has 20 heavy (non-hydrogen) atoms. The van der Waals surface area contributed by atoms with E-state index in [2.05, 4.69) is 12.2 Å². The molecule has 1 N–H and O–H groups in total. The third-order valence-electron chi connectivity index (χ3n) is 3.54. The lowest BCUT2D eigenvalue weighted by Crippen LogP contribution is -2.36. The van der Waals surface area contributed by atoms with Crippen LogP contribution in [0.1, 0.15) is 53.4 Å². The summed E-state index contributed by atoms with van der Waals surface area (Å²) in [5.41, 5.74) is -0.439.